The van der Waals surface area contributed by atoms with E-state index in [2.05, 4.69) is 26.7 Å². The number of aryl methyl sites for hydroxylation is 2. The molecule has 3 aromatic rings. The van der Waals surface area contributed by atoms with Crippen molar-refractivity contribution in [3.8, 4) is 17.3 Å². The molecule has 0 saturated heterocycles. The molecule has 132 valence electrons. The first-order valence-electron chi connectivity index (χ1n) is 8.78. The molecule has 0 amide bonds. The molecular formula is C20H22N6. The van der Waals surface area contributed by atoms with Gasteiger partial charge in [0.25, 0.3) is 0 Å². The molecule has 26 heavy (non-hydrogen) atoms. The summed E-state index contributed by atoms with van der Waals surface area (Å²) in [5.74, 6) is 0.532. The average Bonchev–Trinajstić information content (AvgIpc) is 3.06. The second-order valence-corrected chi connectivity index (χ2v) is 6.06. The van der Waals surface area contributed by atoms with Gasteiger partial charge in [0, 0.05) is 30.9 Å². The third-order valence-corrected chi connectivity index (χ3v) is 4.36. The summed E-state index contributed by atoms with van der Waals surface area (Å²) >= 11 is 0. The van der Waals surface area contributed by atoms with E-state index in [0.717, 1.165) is 40.9 Å². The second-order valence-electron chi connectivity index (χ2n) is 6.06. The topological polar surface area (TPSA) is 79.4 Å². The van der Waals surface area contributed by atoms with Crippen molar-refractivity contribution in [2.75, 3.05) is 5.32 Å². The fraction of sp³-hybridized carbons (Fsp3) is 0.300. The van der Waals surface area contributed by atoms with Crippen molar-refractivity contribution in [2.45, 2.75) is 33.2 Å². The molecule has 0 radical (unpaired) electrons. The van der Waals surface area contributed by atoms with Crippen molar-refractivity contribution in [3.63, 3.8) is 0 Å². The predicted molar refractivity (Wildman–Crippen MR) is 101 cm³/mol. The van der Waals surface area contributed by atoms with Crippen LogP contribution in [0.3, 0.4) is 0 Å². The van der Waals surface area contributed by atoms with Crippen molar-refractivity contribution in [1.29, 1.82) is 5.26 Å². The highest BCUT2D eigenvalue weighted by molar-refractivity contribution is 5.64. The first-order valence-corrected chi connectivity index (χ1v) is 8.78. The predicted octanol–water partition coefficient (Wildman–Crippen LogP) is 3.49. The van der Waals surface area contributed by atoms with Crippen LogP contribution in [0.15, 0.2) is 36.5 Å². The molecule has 1 N–H and O–H groups in total. The molecule has 1 aromatic carbocycles. The Kier molecular flexibility index (Phi) is 5.28. The highest BCUT2D eigenvalue weighted by Crippen LogP contribution is 2.24. The molecule has 6 heteroatoms. The molecule has 0 spiro atoms. The van der Waals surface area contributed by atoms with Crippen molar-refractivity contribution in [3.05, 3.63) is 58.9 Å². The van der Waals surface area contributed by atoms with Gasteiger partial charge < -0.3 is 5.32 Å². The fourth-order valence-corrected chi connectivity index (χ4v) is 3.10. The zero-order valence-corrected chi connectivity index (χ0v) is 15.3. The molecule has 2 aromatic heterocycles. The van der Waals surface area contributed by atoms with Gasteiger partial charge in [0.2, 0.25) is 0 Å². The van der Waals surface area contributed by atoms with E-state index in [1.165, 1.54) is 0 Å². The van der Waals surface area contributed by atoms with Crippen molar-refractivity contribution >= 4 is 5.82 Å². The third-order valence-electron chi connectivity index (χ3n) is 4.36. The van der Waals surface area contributed by atoms with E-state index in [1.54, 1.807) is 4.68 Å². The summed E-state index contributed by atoms with van der Waals surface area (Å²) in [5.41, 5.74) is 5.48. The van der Waals surface area contributed by atoms with Gasteiger partial charge >= 0.3 is 0 Å². The molecule has 0 unspecified atom stereocenters. The van der Waals surface area contributed by atoms with Crippen LogP contribution in [0.2, 0.25) is 0 Å². The van der Waals surface area contributed by atoms with E-state index in [4.69, 9.17) is 0 Å². The first kappa shape index (κ1) is 17.6. The lowest BCUT2D eigenvalue weighted by Gasteiger charge is -2.12. The Morgan fingerprint density at radius 1 is 1.12 bits per heavy atom. The Morgan fingerprint density at radius 2 is 1.88 bits per heavy atom. The largest absolute Gasteiger partial charge is 0.363 e. The number of benzene rings is 1. The Bertz CT molecular complexity index is 937. The standard InChI is InChI=1S/C20H22N6/c1-4-16-17(11-21)20(24-23-18(16)5-2)22-12-15-13-26(3)25-19(15)14-9-7-6-8-10-14/h6-10,13H,4-5,12H2,1-3H3,(H,22,24). The molecule has 0 bridgehead atoms. The van der Waals surface area contributed by atoms with Crippen LogP contribution < -0.4 is 5.32 Å². The molecule has 0 fully saturated rings. The fourth-order valence-electron chi connectivity index (χ4n) is 3.10. The summed E-state index contributed by atoms with van der Waals surface area (Å²) < 4.78 is 1.80. The lowest BCUT2D eigenvalue weighted by atomic mass is 10.0. The second kappa shape index (κ2) is 7.79. The van der Waals surface area contributed by atoms with Gasteiger partial charge in [-0.3, -0.25) is 4.68 Å². The zero-order chi connectivity index (χ0) is 18.5. The minimum atomic E-state index is 0.524. The summed E-state index contributed by atoms with van der Waals surface area (Å²) in [6.45, 7) is 4.59. The van der Waals surface area contributed by atoms with Gasteiger partial charge in [-0.25, -0.2) is 0 Å². The molecule has 6 nitrogen and oxygen atoms in total. The quantitative estimate of drug-likeness (QED) is 0.739. The third kappa shape index (κ3) is 3.42. The normalized spacial score (nSPS) is 10.5. The Labute approximate surface area is 153 Å². The molecule has 0 aliphatic carbocycles. The molecule has 0 aliphatic rings. The van der Waals surface area contributed by atoms with Crippen LogP contribution in [0.4, 0.5) is 5.82 Å². The highest BCUT2D eigenvalue weighted by atomic mass is 15.3. The minimum Gasteiger partial charge on any atom is -0.363 e. The zero-order valence-electron chi connectivity index (χ0n) is 15.3. The van der Waals surface area contributed by atoms with Gasteiger partial charge in [0.05, 0.1) is 11.4 Å². The Hall–Kier alpha value is -3.20. The molecule has 0 atom stereocenters. The number of hydrogen-bond acceptors (Lipinski definition) is 5. The van der Waals surface area contributed by atoms with Gasteiger partial charge in [-0.15, -0.1) is 5.10 Å². The number of nitrogens with one attached hydrogen (secondary N) is 1. The van der Waals surface area contributed by atoms with E-state index in [1.807, 2.05) is 57.4 Å². The smallest absolute Gasteiger partial charge is 0.167 e. The lowest BCUT2D eigenvalue weighted by molar-refractivity contribution is 0.770. The number of nitriles is 1. The number of aromatic nitrogens is 4. The van der Waals surface area contributed by atoms with Gasteiger partial charge in [0.1, 0.15) is 11.6 Å². The number of hydrogen-bond donors (Lipinski definition) is 1. The summed E-state index contributed by atoms with van der Waals surface area (Å²) in [6, 6.07) is 12.4. The monoisotopic (exact) mass is 346 g/mol. The highest BCUT2D eigenvalue weighted by Gasteiger charge is 2.15. The molecule has 0 aliphatic heterocycles. The summed E-state index contributed by atoms with van der Waals surface area (Å²) in [5, 5.41) is 26.0. The summed E-state index contributed by atoms with van der Waals surface area (Å²) in [6.07, 6.45) is 3.51. The van der Waals surface area contributed by atoms with Crippen LogP contribution in [0.5, 0.6) is 0 Å². The van der Waals surface area contributed by atoms with Gasteiger partial charge in [0.15, 0.2) is 5.82 Å². The number of nitrogens with zero attached hydrogens (tertiary/aromatic N) is 5. The van der Waals surface area contributed by atoms with Crippen molar-refractivity contribution < 1.29 is 0 Å². The van der Waals surface area contributed by atoms with Crippen LogP contribution in [-0.2, 0) is 26.4 Å². The maximum atomic E-state index is 9.61. The van der Waals surface area contributed by atoms with Crippen LogP contribution in [0, 0.1) is 11.3 Å². The van der Waals surface area contributed by atoms with E-state index >= 15 is 0 Å². The van der Waals surface area contributed by atoms with Crippen LogP contribution >= 0.6 is 0 Å². The van der Waals surface area contributed by atoms with Crippen LogP contribution in [0.1, 0.15) is 36.2 Å². The SMILES string of the molecule is CCc1nnc(NCc2cn(C)nc2-c2ccccc2)c(C#N)c1CC. The maximum Gasteiger partial charge on any atom is 0.167 e. The van der Waals surface area contributed by atoms with E-state index in [9.17, 15) is 5.26 Å². The molecule has 0 saturated carbocycles. The van der Waals surface area contributed by atoms with Gasteiger partial charge in [-0.05, 0) is 18.4 Å². The van der Waals surface area contributed by atoms with Gasteiger partial charge in [-0.2, -0.15) is 15.5 Å². The first-order chi connectivity index (χ1) is 12.7. The van der Waals surface area contributed by atoms with Crippen LogP contribution in [0.25, 0.3) is 11.3 Å². The number of rotatable bonds is 6. The minimum absolute atomic E-state index is 0.524. The Balaban J connectivity index is 1.90. The van der Waals surface area contributed by atoms with E-state index in [-0.39, 0.29) is 0 Å². The average molecular weight is 346 g/mol. The summed E-state index contributed by atoms with van der Waals surface area (Å²) in [4.78, 5) is 0. The lowest BCUT2D eigenvalue weighted by Crippen LogP contribution is -2.10. The van der Waals surface area contributed by atoms with E-state index in [0.29, 0.717) is 17.9 Å². The van der Waals surface area contributed by atoms with Crippen molar-refractivity contribution in [2.24, 2.45) is 7.05 Å². The van der Waals surface area contributed by atoms with Crippen LogP contribution in [-0.4, -0.2) is 20.0 Å². The maximum absolute atomic E-state index is 9.61. The molecular weight excluding hydrogens is 324 g/mol. The molecule has 2 heterocycles. The van der Waals surface area contributed by atoms with Crippen molar-refractivity contribution in [1.82, 2.24) is 20.0 Å². The molecule has 3 rings (SSSR count). The summed E-state index contributed by atoms with van der Waals surface area (Å²) in [7, 11) is 1.90. The number of anilines is 1. The van der Waals surface area contributed by atoms with Gasteiger partial charge in [-0.1, -0.05) is 44.2 Å². The van der Waals surface area contributed by atoms with E-state index < -0.39 is 0 Å². The Morgan fingerprint density at radius 3 is 2.54 bits per heavy atom.